The minimum atomic E-state index is 0. The van der Waals surface area contributed by atoms with E-state index in [1.54, 1.807) is 0 Å². The normalized spacial score (nSPS) is 39.2. The summed E-state index contributed by atoms with van der Waals surface area (Å²) in [7, 11) is 0. The quantitative estimate of drug-likeness (QED) is 0.750. The van der Waals surface area contributed by atoms with Crippen molar-refractivity contribution in [2.24, 2.45) is 17.3 Å². The van der Waals surface area contributed by atoms with E-state index in [2.05, 4.69) is 17.1 Å². The summed E-state index contributed by atoms with van der Waals surface area (Å²) >= 11 is 0. The third kappa shape index (κ3) is 1.93. The molecular formula is C11H21ClN2. The van der Waals surface area contributed by atoms with Gasteiger partial charge in [-0.2, -0.15) is 0 Å². The van der Waals surface area contributed by atoms with Crippen molar-refractivity contribution < 1.29 is 0 Å². The molecule has 2 saturated heterocycles. The maximum absolute atomic E-state index is 3.50. The Hall–Kier alpha value is 0.210. The number of rotatable bonds is 2. The smallest absolute Gasteiger partial charge is 0.00356 e. The van der Waals surface area contributed by atoms with Crippen molar-refractivity contribution in [1.29, 1.82) is 0 Å². The van der Waals surface area contributed by atoms with Gasteiger partial charge in [-0.15, -0.1) is 12.4 Å². The van der Waals surface area contributed by atoms with Gasteiger partial charge in [-0.3, -0.25) is 0 Å². The van der Waals surface area contributed by atoms with Crippen molar-refractivity contribution in [2.75, 3.05) is 32.7 Å². The first-order valence-electron chi connectivity index (χ1n) is 5.68. The van der Waals surface area contributed by atoms with Gasteiger partial charge in [-0.1, -0.05) is 6.92 Å². The SMILES string of the molecule is CC1(CN2C[C@H]3CNC[C@H]3C2)CC1.Cl. The highest BCUT2D eigenvalue weighted by molar-refractivity contribution is 5.85. The molecule has 1 N–H and O–H groups in total. The van der Waals surface area contributed by atoms with E-state index in [1.807, 2.05) is 0 Å². The molecule has 0 amide bonds. The fraction of sp³-hybridized carbons (Fsp3) is 1.00. The minimum absolute atomic E-state index is 0. The van der Waals surface area contributed by atoms with E-state index in [4.69, 9.17) is 0 Å². The molecule has 2 nitrogen and oxygen atoms in total. The van der Waals surface area contributed by atoms with Gasteiger partial charge < -0.3 is 10.2 Å². The third-order valence-corrected chi connectivity index (χ3v) is 4.17. The van der Waals surface area contributed by atoms with Gasteiger partial charge >= 0.3 is 0 Å². The fourth-order valence-electron chi connectivity index (χ4n) is 2.99. The van der Waals surface area contributed by atoms with E-state index in [0.717, 1.165) is 11.8 Å². The summed E-state index contributed by atoms with van der Waals surface area (Å²) in [6.07, 6.45) is 2.94. The molecule has 0 bridgehead atoms. The van der Waals surface area contributed by atoms with E-state index < -0.39 is 0 Å². The van der Waals surface area contributed by atoms with Crippen molar-refractivity contribution in [3.63, 3.8) is 0 Å². The molecule has 0 radical (unpaired) electrons. The van der Waals surface area contributed by atoms with Gasteiger partial charge in [0.1, 0.15) is 0 Å². The molecular weight excluding hydrogens is 196 g/mol. The van der Waals surface area contributed by atoms with E-state index >= 15 is 0 Å². The van der Waals surface area contributed by atoms with Crippen LogP contribution in [0.1, 0.15) is 19.8 Å². The maximum Gasteiger partial charge on any atom is 0.00356 e. The molecule has 0 aromatic heterocycles. The van der Waals surface area contributed by atoms with Gasteiger partial charge in [0.25, 0.3) is 0 Å². The van der Waals surface area contributed by atoms with E-state index in [-0.39, 0.29) is 12.4 Å². The molecule has 1 saturated carbocycles. The van der Waals surface area contributed by atoms with Crippen LogP contribution in [0, 0.1) is 17.3 Å². The van der Waals surface area contributed by atoms with Crippen LogP contribution in [0.4, 0.5) is 0 Å². The lowest BCUT2D eigenvalue weighted by molar-refractivity contribution is 0.259. The van der Waals surface area contributed by atoms with Crippen LogP contribution in [-0.2, 0) is 0 Å². The molecule has 3 rings (SSSR count). The van der Waals surface area contributed by atoms with Crippen LogP contribution in [0.5, 0.6) is 0 Å². The highest BCUT2D eigenvalue weighted by atomic mass is 35.5. The molecule has 0 aromatic carbocycles. The number of nitrogens with one attached hydrogen (secondary N) is 1. The van der Waals surface area contributed by atoms with Crippen LogP contribution in [0.3, 0.4) is 0 Å². The van der Waals surface area contributed by atoms with Gasteiger partial charge in [0.2, 0.25) is 0 Å². The molecule has 2 heterocycles. The number of nitrogens with zero attached hydrogens (tertiary/aromatic N) is 1. The van der Waals surface area contributed by atoms with Crippen molar-refractivity contribution in [3.8, 4) is 0 Å². The summed E-state index contributed by atoms with van der Waals surface area (Å²) in [6, 6.07) is 0. The molecule has 2 atom stereocenters. The lowest BCUT2D eigenvalue weighted by Gasteiger charge is -2.20. The van der Waals surface area contributed by atoms with Gasteiger partial charge in [0.05, 0.1) is 0 Å². The van der Waals surface area contributed by atoms with Crippen molar-refractivity contribution in [3.05, 3.63) is 0 Å². The second kappa shape index (κ2) is 3.66. The van der Waals surface area contributed by atoms with Crippen molar-refractivity contribution in [1.82, 2.24) is 10.2 Å². The molecule has 14 heavy (non-hydrogen) atoms. The highest BCUT2D eigenvalue weighted by Crippen LogP contribution is 2.46. The minimum Gasteiger partial charge on any atom is -0.316 e. The zero-order chi connectivity index (χ0) is 8.89. The topological polar surface area (TPSA) is 15.3 Å². The summed E-state index contributed by atoms with van der Waals surface area (Å²) in [5, 5.41) is 3.50. The zero-order valence-electron chi connectivity index (χ0n) is 8.96. The molecule has 0 spiro atoms. The monoisotopic (exact) mass is 216 g/mol. The average Bonchev–Trinajstić information content (AvgIpc) is 2.51. The Morgan fingerprint density at radius 3 is 2.29 bits per heavy atom. The Morgan fingerprint density at radius 1 is 1.21 bits per heavy atom. The van der Waals surface area contributed by atoms with E-state index in [1.165, 1.54) is 45.6 Å². The van der Waals surface area contributed by atoms with Gasteiger partial charge in [-0.25, -0.2) is 0 Å². The number of hydrogen-bond acceptors (Lipinski definition) is 2. The predicted octanol–water partition coefficient (Wildman–Crippen LogP) is 1.36. The molecule has 2 aliphatic heterocycles. The third-order valence-electron chi connectivity index (χ3n) is 4.17. The Kier molecular flexibility index (Phi) is 2.80. The first-order valence-corrected chi connectivity index (χ1v) is 5.68. The Labute approximate surface area is 92.8 Å². The molecule has 3 aliphatic rings. The van der Waals surface area contributed by atoms with Crippen LogP contribution in [0.25, 0.3) is 0 Å². The largest absolute Gasteiger partial charge is 0.316 e. The Morgan fingerprint density at radius 2 is 1.79 bits per heavy atom. The molecule has 82 valence electrons. The standard InChI is InChI=1S/C11H20N2.ClH/c1-11(2-3-11)8-13-6-9-4-12-5-10(9)7-13;/h9-10,12H,2-8H2,1H3;1H/t9-,10+;. The van der Waals surface area contributed by atoms with Crippen LogP contribution in [-0.4, -0.2) is 37.6 Å². The molecule has 1 aliphatic carbocycles. The van der Waals surface area contributed by atoms with E-state index in [0.29, 0.717) is 5.41 Å². The van der Waals surface area contributed by atoms with Crippen molar-refractivity contribution in [2.45, 2.75) is 19.8 Å². The fourth-order valence-corrected chi connectivity index (χ4v) is 2.99. The van der Waals surface area contributed by atoms with Crippen LogP contribution < -0.4 is 5.32 Å². The summed E-state index contributed by atoms with van der Waals surface area (Å²) in [4.78, 5) is 2.71. The first-order chi connectivity index (χ1) is 6.25. The predicted molar refractivity (Wildman–Crippen MR) is 60.9 cm³/mol. The Bertz CT molecular complexity index is 203. The Balaban J connectivity index is 0.000000750. The summed E-state index contributed by atoms with van der Waals surface area (Å²) < 4.78 is 0. The number of fused-ring (bicyclic) bond motifs is 1. The highest BCUT2D eigenvalue weighted by Gasteiger charge is 2.43. The van der Waals surface area contributed by atoms with Crippen molar-refractivity contribution >= 4 is 12.4 Å². The molecule has 3 fully saturated rings. The second-order valence-electron chi connectivity index (χ2n) is 5.68. The van der Waals surface area contributed by atoms with Gasteiger partial charge in [0, 0.05) is 19.6 Å². The first kappa shape index (κ1) is 10.7. The number of hydrogen-bond donors (Lipinski definition) is 1. The molecule has 0 unspecified atom stereocenters. The average molecular weight is 217 g/mol. The van der Waals surface area contributed by atoms with Crippen LogP contribution in [0.15, 0.2) is 0 Å². The lowest BCUT2D eigenvalue weighted by atomic mass is 10.0. The lowest BCUT2D eigenvalue weighted by Crippen LogP contribution is -2.30. The van der Waals surface area contributed by atoms with Gasteiger partial charge in [0.15, 0.2) is 0 Å². The number of halogens is 1. The maximum atomic E-state index is 3.50. The van der Waals surface area contributed by atoms with E-state index in [9.17, 15) is 0 Å². The second-order valence-corrected chi connectivity index (χ2v) is 5.68. The summed E-state index contributed by atoms with van der Waals surface area (Å²) in [6.45, 7) is 9.11. The molecule has 0 aromatic rings. The zero-order valence-corrected chi connectivity index (χ0v) is 9.78. The molecule has 3 heteroatoms. The van der Waals surface area contributed by atoms with Crippen LogP contribution in [0.2, 0.25) is 0 Å². The van der Waals surface area contributed by atoms with Crippen LogP contribution >= 0.6 is 12.4 Å². The number of likely N-dealkylation sites (tertiary alicyclic amines) is 1. The van der Waals surface area contributed by atoms with Gasteiger partial charge in [-0.05, 0) is 43.2 Å². The summed E-state index contributed by atoms with van der Waals surface area (Å²) in [5.41, 5.74) is 0.714. The summed E-state index contributed by atoms with van der Waals surface area (Å²) in [5.74, 6) is 1.95.